The van der Waals surface area contributed by atoms with E-state index in [0.29, 0.717) is 0 Å². The molecule has 0 aromatic rings. The van der Waals surface area contributed by atoms with Crippen LogP contribution in [0.2, 0.25) is 0 Å². The lowest BCUT2D eigenvalue weighted by Gasteiger charge is -2.37. The van der Waals surface area contributed by atoms with Crippen LogP contribution in [-0.2, 0) is 0 Å². The molecule has 0 aromatic carbocycles. The monoisotopic (exact) mass is 451 g/mol. The number of rotatable bonds is 7. The van der Waals surface area contributed by atoms with Crippen LogP contribution in [0.15, 0.2) is 0 Å². The fourth-order valence-corrected chi connectivity index (χ4v) is 2.30. The minimum atomic E-state index is -6.70. The van der Waals surface area contributed by atoms with Crippen LogP contribution < -0.4 is 0 Å². The van der Waals surface area contributed by atoms with Gasteiger partial charge in [0, 0.05) is 12.8 Å². The second-order valence-electron chi connectivity index (χ2n) is 6.46. The van der Waals surface area contributed by atoms with Gasteiger partial charge in [0.05, 0.1) is 0 Å². The Hall–Kier alpha value is -1.02. The van der Waals surface area contributed by atoms with Gasteiger partial charge in [-0.05, 0) is 33.0 Å². The number of alkyl halides is 14. The summed E-state index contributed by atoms with van der Waals surface area (Å²) in [6.07, 6.45) is -33.7. The predicted molar refractivity (Wildman–Crippen MR) is 67.8 cm³/mol. The summed E-state index contributed by atoms with van der Waals surface area (Å²) >= 11 is 0. The second kappa shape index (κ2) is 8.01. The summed E-state index contributed by atoms with van der Waals surface area (Å²) in [7, 11) is 2.28. The summed E-state index contributed by atoms with van der Waals surface area (Å²) < 4.78 is 179. The molecule has 0 aliphatic heterocycles. The molecule has 0 aromatic heterocycles. The molecule has 0 aliphatic carbocycles. The average molecular weight is 451 g/mol. The van der Waals surface area contributed by atoms with Crippen LogP contribution in [0, 0.1) is 5.92 Å². The molecule has 170 valence electrons. The molecule has 0 atom stereocenters. The van der Waals surface area contributed by atoms with Crippen molar-refractivity contribution in [2.24, 2.45) is 5.92 Å². The van der Waals surface area contributed by atoms with Gasteiger partial charge in [0.15, 0.2) is 0 Å². The summed E-state index contributed by atoms with van der Waals surface area (Å²) in [6.45, 7) is -0.623. The Balaban J connectivity index is 6.15. The van der Waals surface area contributed by atoms with Gasteiger partial charge in [-0.15, -0.1) is 0 Å². The lowest BCUT2D eigenvalue weighted by atomic mass is 9.81. The van der Waals surface area contributed by atoms with Crippen molar-refractivity contribution in [3.05, 3.63) is 0 Å². The SMILES string of the molecule is CN(C)CCC(CC(F)(C(F)(F)F)C(F)(F)F)CC(F)(C(F)(F)F)C(F)(F)F. The zero-order valence-electron chi connectivity index (χ0n) is 14.1. The fraction of sp³-hybridized carbons (Fsp3) is 1.00. The molecule has 0 spiro atoms. The van der Waals surface area contributed by atoms with E-state index >= 15 is 0 Å². The van der Waals surface area contributed by atoms with Crippen molar-refractivity contribution < 1.29 is 61.5 Å². The molecule has 0 unspecified atom stereocenters. The van der Waals surface area contributed by atoms with Crippen molar-refractivity contribution in [3.8, 4) is 0 Å². The van der Waals surface area contributed by atoms with Gasteiger partial charge < -0.3 is 4.90 Å². The highest BCUT2D eigenvalue weighted by Crippen LogP contribution is 2.54. The van der Waals surface area contributed by atoms with Crippen LogP contribution in [0.25, 0.3) is 0 Å². The van der Waals surface area contributed by atoms with E-state index in [1.165, 1.54) is 0 Å². The first kappa shape index (κ1) is 27.0. The molecule has 0 heterocycles. The standard InChI is InChI=1S/C13H15F14N/c1-28(2)4-3-7(5-8(14,10(16,17)18)11(19,20)21)6-9(15,12(22,23)24)13(25,26)27/h7H,3-6H2,1-2H3. The summed E-state index contributed by atoms with van der Waals surface area (Å²) in [6, 6.07) is 0. The van der Waals surface area contributed by atoms with Crippen LogP contribution >= 0.6 is 0 Å². The van der Waals surface area contributed by atoms with E-state index in [-0.39, 0.29) is 0 Å². The van der Waals surface area contributed by atoms with E-state index in [1.54, 1.807) is 0 Å². The molecule has 15 heteroatoms. The molecule has 0 amide bonds. The van der Waals surface area contributed by atoms with Crippen molar-refractivity contribution in [3.63, 3.8) is 0 Å². The van der Waals surface area contributed by atoms with Crippen molar-refractivity contribution in [2.75, 3.05) is 20.6 Å². The summed E-state index contributed by atoms with van der Waals surface area (Å²) in [5.41, 5.74) is -12.2. The van der Waals surface area contributed by atoms with Crippen LogP contribution in [-0.4, -0.2) is 61.6 Å². The number of halogens is 14. The normalized spacial score (nSPS) is 15.6. The third-order valence-electron chi connectivity index (χ3n) is 3.92. The maximum atomic E-state index is 13.8. The molecule has 1 nitrogen and oxygen atoms in total. The third-order valence-corrected chi connectivity index (χ3v) is 3.92. The number of hydrogen-bond donors (Lipinski definition) is 0. The van der Waals surface area contributed by atoms with E-state index in [1.807, 2.05) is 0 Å². The van der Waals surface area contributed by atoms with Crippen LogP contribution in [0.1, 0.15) is 19.3 Å². The molecule has 0 N–H and O–H groups in total. The highest BCUT2D eigenvalue weighted by Gasteiger charge is 2.75. The van der Waals surface area contributed by atoms with E-state index in [2.05, 4.69) is 0 Å². The van der Waals surface area contributed by atoms with E-state index in [4.69, 9.17) is 0 Å². The van der Waals surface area contributed by atoms with Crippen molar-refractivity contribution in [1.29, 1.82) is 0 Å². The predicted octanol–water partition coefficient (Wildman–Crippen LogP) is 6.00. The Morgan fingerprint density at radius 3 is 0.964 bits per heavy atom. The summed E-state index contributed by atoms with van der Waals surface area (Å²) in [5.74, 6) is -2.90. The van der Waals surface area contributed by atoms with Crippen LogP contribution in [0.4, 0.5) is 61.5 Å². The first-order valence-corrected chi connectivity index (χ1v) is 7.29. The first-order valence-electron chi connectivity index (χ1n) is 7.29. The van der Waals surface area contributed by atoms with Gasteiger partial charge in [-0.25, -0.2) is 8.78 Å². The molecular weight excluding hydrogens is 436 g/mol. The van der Waals surface area contributed by atoms with E-state index in [9.17, 15) is 61.5 Å². The zero-order chi connectivity index (χ0) is 23.0. The first-order chi connectivity index (χ1) is 12.0. The van der Waals surface area contributed by atoms with Gasteiger partial charge in [-0.3, -0.25) is 0 Å². The Labute approximate surface area is 149 Å². The summed E-state index contributed by atoms with van der Waals surface area (Å²) in [4.78, 5) is 0.995. The quantitative estimate of drug-likeness (QED) is 0.430. The Morgan fingerprint density at radius 1 is 0.536 bits per heavy atom. The fourth-order valence-electron chi connectivity index (χ4n) is 2.30. The van der Waals surface area contributed by atoms with Crippen LogP contribution in [0.3, 0.4) is 0 Å². The largest absolute Gasteiger partial charge is 0.431 e. The van der Waals surface area contributed by atoms with Crippen molar-refractivity contribution in [2.45, 2.75) is 55.3 Å². The molecule has 0 bridgehead atoms. The number of nitrogens with zero attached hydrogens (tertiary/aromatic N) is 1. The molecule has 0 aliphatic rings. The summed E-state index contributed by atoms with van der Waals surface area (Å²) in [5, 5.41) is 0. The van der Waals surface area contributed by atoms with Gasteiger partial charge in [0.2, 0.25) is 0 Å². The molecule has 28 heavy (non-hydrogen) atoms. The van der Waals surface area contributed by atoms with Gasteiger partial charge in [-0.1, -0.05) is 0 Å². The third kappa shape index (κ3) is 5.75. The smallest absolute Gasteiger partial charge is 0.309 e. The molecule has 0 radical (unpaired) electrons. The van der Waals surface area contributed by atoms with Crippen molar-refractivity contribution >= 4 is 0 Å². The Kier molecular flexibility index (Phi) is 7.72. The second-order valence-corrected chi connectivity index (χ2v) is 6.46. The minimum absolute atomic E-state index is 0.623. The molecule has 0 saturated carbocycles. The Morgan fingerprint density at radius 2 is 0.786 bits per heavy atom. The molecular formula is C13H15F14N. The number of hydrogen-bond acceptors (Lipinski definition) is 1. The minimum Gasteiger partial charge on any atom is -0.309 e. The maximum Gasteiger partial charge on any atom is 0.431 e. The van der Waals surface area contributed by atoms with Crippen molar-refractivity contribution in [1.82, 2.24) is 4.90 Å². The highest BCUT2D eigenvalue weighted by atomic mass is 19.4. The van der Waals surface area contributed by atoms with Crippen LogP contribution in [0.5, 0.6) is 0 Å². The molecule has 0 saturated heterocycles. The zero-order valence-corrected chi connectivity index (χ0v) is 14.1. The maximum absolute atomic E-state index is 13.8. The van der Waals surface area contributed by atoms with E-state index in [0.717, 1.165) is 19.0 Å². The van der Waals surface area contributed by atoms with Gasteiger partial charge in [0.25, 0.3) is 11.3 Å². The molecule has 0 rings (SSSR count). The topological polar surface area (TPSA) is 3.24 Å². The van der Waals surface area contributed by atoms with E-state index < -0.39 is 67.8 Å². The lowest BCUT2D eigenvalue weighted by Crippen LogP contribution is -2.57. The lowest BCUT2D eigenvalue weighted by molar-refractivity contribution is -0.356. The average Bonchev–Trinajstić information content (AvgIpc) is 2.39. The highest BCUT2D eigenvalue weighted by molar-refractivity contribution is 5.01. The Bertz CT molecular complexity index is 429. The van der Waals surface area contributed by atoms with Gasteiger partial charge in [0.1, 0.15) is 0 Å². The molecule has 0 fully saturated rings. The van der Waals surface area contributed by atoms with Gasteiger partial charge >= 0.3 is 24.7 Å². The van der Waals surface area contributed by atoms with Gasteiger partial charge in [-0.2, -0.15) is 52.7 Å².